The number of hydrogen-bond donors (Lipinski definition) is 1. The molecule has 118 valence electrons. The number of piperidine rings is 1. The third-order valence-electron chi connectivity index (χ3n) is 4.95. The summed E-state index contributed by atoms with van der Waals surface area (Å²) in [5, 5.41) is 0. The van der Waals surface area contributed by atoms with Crippen LogP contribution in [0.25, 0.3) is 16.7 Å². The maximum atomic E-state index is 4.82. The highest BCUT2D eigenvalue weighted by molar-refractivity contribution is 5.80. The molecule has 1 fully saturated rings. The van der Waals surface area contributed by atoms with Crippen LogP contribution in [0.15, 0.2) is 42.5 Å². The maximum absolute atomic E-state index is 4.82. The van der Waals surface area contributed by atoms with Crippen LogP contribution in [0.2, 0.25) is 0 Å². The largest absolute Gasteiger partial charge is 0.302 e. The maximum Gasteiger partial charge on any atom is 0.133 e. The molecule has 4 rings (SSSR count). The van der Waals surface area contributed by atoms with Crippen LogP contribution in [0, 0.1) is 13.8 Å². The Morgan fingerprint density at radius 3 is 2.57 bits per heavy atom. The van der Waals surface area contributed by atoms with Crippen molar-refractivity contribution in [1.29, 1.82) is 0 Å². The van der Waals surface area contributed by atoms with E-state index in [0.717, 1.165) is 11.3 Å². The minimum absolute atomic E-state index is 1.05. The van der Waals surface area contributed by atoms with E-state index >= 15 is 0 Å². The van der Waals surface area contributed by atoms with Gasteiger partial charge in [-0.3, -0.25) is 4.57 Å². The summed E-state index contributed by atoms with van der Waals surface area (Å²) in [6.45, 7) is 6.73. The number of aryl methyl sites for hydroxylation is 2. The van der Waals surface area contributed by atoms with Crippen molar-refractivity contribution in [3.8, 4) is 5.69 Å². The topological polar surface area (TPSA) is 22.3 Å². The number of aromatic nitrogens is 2. The average Bonchev–Trinajstić information content (AvgIpc) is 2.90. The van der Waals surface area contributed by atoms with Gasteiger partial charge in [-0.15, -0.1) is 0 Å². The number of quaternary nitrogens is 1. The van der Waals surface area contributed by atoms with Crippen LogP contribution in [-0.4, -0.2) is 22.6 Å². The van der Waals surface area contributed by atoms with E-state index in [1.165, 1.54) is 54.8 Å². The van der Waals surface area contributed by atoms with Crippen molar-refractivity contribution in [3.63, 3.8) is 0 Å². The lowest BCUT2D eigenvalue weighted by atomic mass is 10.1. The molecule has 0 aliphatic carbocycles. The predicted octanol–water partition coefficient (Wildman–Crippen LogP) is 3.34. The standard InChI is InChI=1S/C20H23N3/c1-15-7-6-8-18(13-15)23-16(2)21-19-14-17(9-10-20(19)23)22-11-4-3-5-12-22/h6-10,13-14H,3-5,11-12H2,1-2H3/p+1. The molecule has 1 aliphatic rings. The Balaban J connectivity index is 1.80. The fraction of sp³-hybridized carbons (Fsp3) is 0.350. The molecule has 0 unspecified atom stereocenters. The first-order valence-electron chi connectivity index (χ1n) is 8.63. The zero-order valence-electron chi connectivity index (χ0n) is 14.0. The number of nitrogens with one attached hydrogen (secondary N) is 1. The Hall–Kier alpha value is -2.13. The first-order chi connectivity index (χ1) is 11.2. The summed E-state index contributed by atoms with van der Waals surface area (Å²) in [5.41, 5.74) is 6.18. The second-order valence-electron chi connectivity index (χ2n) is 6.70. The van der Waals surface area contributed by atoms with Gasteiger partial charge in [0, 0.05) is 17.8 Å². The van der Waals surface area contributed by atoms with Crippen molar-refractivity contribution >= 4 is 16.7 Å². The normalized spacial score (nSPS) is 16.1. The Morgan fingerprint density at radius 2 is 1.78 bits per heavy atom. The van der Waals surface area contributed by atoms with E-state index in [0.29, 0.717) is 0 Å². The summed E-state index contributed by atoms with van der Waals surface area (Å²) in [5.74, 6) is 1.05. The number of hydrogen-bond acceptors (Lipinski definition) is 1. The molecule has 3 nitrogen and oxygen atoms in total. The summed E-state index contributed by atoms with van der Waals surface area (Å²) in [6, 6.07) is 15.4. The van der Waals surface area contributed by atoms with E-state index in [-0.39, 0.29) is 0 Å². The molecule has 1 N–H and O–H groups in total. The average molecular weight is 306 g/mol. The van der Waals surface area contributed by atoms with Crippen molar-refractivity contribution in [2.24, 2.45) is 0 Å². The van der Waals surface area contributed by atoms with Crippen LogP contribution >= 0.6 is 0 Å². The van der Waals surface area contributed by atoms with Crippen LogP contribution < -0.4 is 4.90 Å². The Bertz CT molecular complexity index is 841. The Labute approximate surface area is 137 Å². The first kappa shape index (κ1) is 14.5. The molecule has 0 amide bonds. The Morgan fingerprint density at radius 1 is 0.957 bits per heavy atom. The van der Waals surface area contributed by atoms with Gasteiger partial charge in [0.15, 0.2) is 0 Å². The second kappa shape index (κ2) is 5.82. The smallest absolute Gasteiger partial charge is 0.133 e. The lowest BCUT2D eigenvalue weighted by Crippen LogP contribution is -3.08. The first-order valence-corrected chi connectivity index (χ1v) is 8.63. The third kappa shape index (κ3) is 2.66. The molecule has 2 aromatic carbocycles. The van der Waals surface area contributed by atoms with Crippen molar-refractivity contribution in [3.05, 3.63) is 53.9 Å². The SMILES string of the molecule is Cc1cccc(-n2c(C)nc3cc([NH+]4CCCCC4)ccc32)c1. The van der Waals surface area contributed by atoms with Crippen molar-refractivity contribution in [2.75, 3.05) is 13.1 Å². The number of benzene rings is 2. The molecule has 0 atom stereocenters. The van der Waals surface area contributed by atoms with Crippen molar-refractivity contribution in [1.82, 2.24) is 9.55 Å². The van der Waals surface area contributed by atoms with Crippen LogP contribution in [0.4, 0.5) is 5.69 Å². The van der Waals surface area contributed by atoms with Gasteiger partial charge in [0.2, 0.25) is 0 Å². The molecule has 3 heteroatoms. The zero-order chi connectivity index (χ0) is 15.8. The van der Waals surface area contributed by atoms with E-state index in [1.54, 1.807) is 4.90 Å². The van der Waals surface area contributed by atoms with Gasteiger partial charge in [0.1, 0.15) is 11.5 Å². The van der Waals surface area contributed by atoms with Gasteiger partial charge in [-0.2, -0.15) is 0 Å². The summed E-state index contributed by atoms with van der Waals surface area (Å²) < 4.78 is 2.26. The number of imidazole rings is 1. The fourth-order valence-electron chi connectivity index (χ4n) is 3.78. The van der Waals surface area contributed by atoms with E-state index < -0.39 is 0 Å². The molecule has 0 radical (unpaired) electrons. The molecule has 1 aliphatic heterocycles. The zero-order valence-corrected chi connectivity index (χ0v) is 14.0. The summed E-state index contributed by atoms with van der Waals surface area (Å²) in [6.07, 6.45) is 4.06. The number of rotatable bonds is 2. The molecule has 1 aromatic heterocycles. The predicted molar refractivity (Wildman–Crippen MR) is 94.8 cm³/mol. The van der Waals surface area contributed by atoms with Gasteiger partial charge in [-0.05, 0) is 56.9 Å². The van der Waals surface area contributed by atoms with E-state index in [1.807, 2.05) is 0 Å². The molecule has 0 bridgehead atoms. The van der Waals surface area contributed by atoms with Crippen LogP contribution in [-0.2, 0) is 0 Å². The molecule has 0 saturated carbocycles. The lowest BCUT2D eigenvalue weighted by Gasteiger charge is -2.23. The quantitative estimate of drug-likeness (QED) is 0.771. The van der Waals surface area contributed by atoms with E-state index in [9.17, 15) is 0 Å². The minimum atomic E-state index is 1.05. The van der Waals surface area contributed by atoms with E-state index in [2.05, 4.69) is 60.9 Å². The molecule has 0 spiro atoms. The number of fused-ring (bicyclic) bond motifs is 1. The molecule has 1 saturated heterocycles. The highest BCUT2D eigenvalue weighted by Crippen LogP contribution is 2.23. The number of nitrogens with zero attached hydrogens (tertiary/aromatic N) is 2. The van der Waals surface area contributed by atoms with Crippen LogP contribution in [0.3, 0.4) is 0 Å². The van der Waals surface area contributed by atoms with Gasteiger partial charge in [0.05, 0.1) is 24.1 Å². The van der Waals surface area contributed by atoms with Gasteiger partial charge in [-0.1, -0.05) is 12.1 Å². The van der Waals surface area contributed by atoms with Gasteiger partial charge in [0.25, 0.3) is 0 Å². The van der Waals surface area contributed by atoms with Gasteiger partial charge < -0.3 is 4.90 Å². The van der Waals surface area contributed by atoms with E-state index in [4.69, 9.17) is 4.98 Å². The highest BCUT2D eigenvalue weighted by Gasteiger charge is 2.18. The fourth-order valence-corrected chi connectivity index (χ4v) is 3.78. The third-order valence-corrected chi connectivity index (χ3v) is 4.95. The monoisotopic (exact) mass is 306 g/mol. The summed E-state index contributed by atoms with van der Waals surface area (Å²) in [7, 11) is 0. The molecule has 2 heterocycles. The van der Waals surface area contributed by atoms with Crippen LogP contribution in [0.1, 0.15) is 30.7 Å². The molecule has 23 heavy (non-hydrogen) atoms. The molecule has 3 aromatic rings. The van der Waals surface area contributed by atoms with Crippen molar-refractivity contribution in [2.45, 2.75) is 33.1 Å². The molecular formula is C20H24N3+. The lowest BCUT2D eigenvalue weighted by molar-refractivity contribution is -0.838. The summed E-state index contributed by atoms with van der Waals surface area (Å²) in [4.78, 5) is 6.44. The van der Waals surface area contributed by atoms with Crippen molar-refractivity contribution < 1.29 is 4.90 Å². The molecular weight excluding hydrogens is 282 g/mol. The van der Waals surface area contributed by atoms with Crippen LogP contribution in [0.5, 0.6) is 0 Å². The minimum Gasteiger partial charge on any atom is -0.302 e. The summed E-state index contributed by atoms with van der Waals surface area (Å²) >= 11 is 0. The second-order valence-corrected chi connectivity index (χ2v) is 6.70. The Kier molecular flexibility index (Phi) is 3.66. The van der Waals surface area contributed by atoms with Gasteiger partial charge in [-0.25, -0.2) is 4.98 Å². The van der Waals surface area contributed by atoms with Gasteiger partial charge >= 0.3 is 0 Å². The highest BCUT2D eigenvalue weighted by atomic mass is 15.1.